The molecule has 50 heavy (non-hydrogen) atoms. The Morgan fingerprint density at radius 1 is 1.22 bits per heavy atom. The fourth-order valence-corrected chi connectivity index (χ4v) is 8.52. The number of aromatic amines is 1. The number of carbonyl (C=O) groups is 2. The summed E-state index contributed by atoms with van der Waals surface area (Å²) >= 11 is 6.89. The number of nitrogens with zero attached hydrogens (tertiary/aromatic N) is 6. The number of anilines is 1. The highest BCUT2D eigenvalue weighted by molar-refractivity contribution is 6.33. The number of ether oxygens (including phenoxy) is 4. The Bertz CT molecular complexity index is 1980. The third-order valence-electron chi connectivity index (χ3n) is 10.6. The Balaban J connectivity index is 1.27. The van der Waals surface area contributed by atoms with Gasteiger partial charge in [0.25, 0.3) is 0 Å². The lowest BCUT2D eigenvalue weighted by Gasteiger charge is -2.33. The lowest BCUT2D eigenvalue weighted by atomic mass is 9.93. The molecule has 0 aliphatic carbocycles. The lowest BCUT2D eigenvalue weighted by Crippen LogP contribution is -2.48. The number of halogens is 2. The van der Waals surface area contributed by atoms with Crippen LogP contribution in [0.2, 0.25) is 5.02 Å². The fourth-order valence-electron chi connectivity index (χ4n) is 8.22. The predicted molar refractivity (Wildman–Crippen MR) is 183 cm³/mol. The molecule has 3 fully saturated rings. The molecule has 1 aromatic carbocycles. The fraction of sp³-hybridized carbons (Fsp3) is 0.543. The molecule has 264 valence electrons. The third-order valence-corrected chi connectivity index (χ3v) is 11.0. The maximum Gasteiger partial charge on any atom is 0.508 e. The van der Waals surface area contributed by atoms with Gasteiger partial charge in [-0.25, -0.2) is 9.18 Å². The largest absolute Gasteiger partial charge is 0.508 e. The van der Waals surface area contributed by atoms with Crippen LogP contribution in [0.1, 0.15) is 50.2 Å². The highest BCUT2D eigenvalue weighted by Crippen LogP contribution is 2.45. The normalized spacial score (nSPS) is 25.8. The van der Waals surface area contributed by atoms with Crippen molar-refractivity contribution in [2.24, 2.45) is 0 Å². The Morgan fingerprint density at radius 3 is 2.96 bits per heavy atom. The van der Waals surface area contributed by atoms with Crippen LogP contribution < -0.4 is 9.64 Å². The van der Waals surface area contributed by atoms with E-state index in [1.807, 2.05) is 29.7 Å². The van der Waals surface area contributed by atoms with E-state index in [0.29, 0.717) is 72.7 Å². The van der Waals surface area contributed by atoms with Crippen LogP contribution in [0, 0.1) is 6.92 Å². The van der Waals surface area contributed by atoms with Crippen molar-refractivity contribution < 1.29 is 32.9 Å². The molecule has 9 rings (SSSR count). The molecule has 15 heteroatoms. The molecule has 1 unspecified atom stereocenters. The Labute approximate surface area is 292 Å². The van der Waals surface area contributed by atoms with E-state index in [1.165, 1.54) is 0 Å². The first-order valence-electron chi connectivity index (χ1n) is 17.3. The van der Waals surface area contributed by atoms with Crippen LogP contribution in [-0.2, 0) is 25.4 Å². The van der Waals surface area contributed by atoms with Gasteiger partial charge in [-0.15, -0.1) is 0 Å². The molecule has 4 aromatic rings. The molecule has 0 radical (unpaired) electrons. The zero-order valence-electron chi connectivity index (χ0n) is 28.0. The highest BCUT2D eigenvalue weighted by atomic mass is 35.5. The minimum absolute atomic E-state index is 0.122. The number of aromatic nitrogens is 5. The Hall–Kier alpha value is -4.14. The second-order valence-electron chi connectivity index (χ2n) is 13.7. The van der Waals surface area contributed by atoms with Crippen molar-refractivity contribution in [1.29, 1.82) is 0 Å². The molecule has 3 saturated heterocycles. The van der Waals surface area contributed by atoms with Gasteiger partial charge in [-0.3, -0.25) is 19.8 Å². The van der Waals surface area contributed by atoms with Crippen LogP contribution >= 0.6 is 11.6 Å². The van der Waals surface area contributed by atoms with Gasteiger partial charge < -0.3 is 23.8 Å². The summed E-state index contributed by atoms with van der Waals surface area (Å²) < 4.78 is 38.4. The highest BCUT2D eigenvalue weighted by Gasteiger charge is 2.55. The average molecular weight is 708 g/mol. The van der Waals surface area contributed by atoms with Gasteiger partial charge >= 0.3 is 12.2 Å². The number of hydrogen-bond donors (Lipinski definition) is 1. The predicted octanol–water partition coefficient (Wildman–Crippen LogP) is 5.14. The summed E-state index contributed by atoms with van der Waals surface area (Å²) in [6.07, 6.45) is 4.08. The zero-order valence-corrected chi connectivity index (χ0v) is 28.8. The van der Waals surface area contributed by atoms with Crippen molar-refractivity contribution in [2.75, 3.05) is 51.0 Å². The number of carbonyl (C=O) groups excluding carboxylic acids is 2. The Kier molecular flexibility index (Phi) is 8.72. The van der Waals surface area contributed by atoms with Gasteiger partial charge in [-0.05, 0) is 44.2 Å². The molecule has 1 N–H and O–H groups in total. The number of H-pyrrole nitrogens is 1. The topological polar surface area (TPSA) is 145 Å². The van der Waals surface area contributed by atoms with Crippen molar-refractivity contribution in [3.05, 3.63) is 34.6 Å². The number of nitrogens with one attached hydrogen (secondary N) is 1. The monoisotopic (exact) mass is 707 g/mol. The van der Waals surface area contributed by atoms with E-state index >= 15 is 0 Å². The number of Topliss-reactive ketones (excluding diaryl/α,β-unsaturated/α-hetero) is 1. The quantitative estimate of drug-likeness (QED) is 0.274. The van der Waals surface area contributed by atoms with Gasteiger partial charge in [0.05, 0.1) is 66.3 Å². The number of benzene rings is 1. The second-order valence-corrected chi connectivity index (χ2v) is 14.1. The molecule has 4 atom stereocenters. The summed E-state index contributed by atoms with van der Waals surface area (Å²) in [5.74, 6) is 0.665. The van der Waals surface area contributed by atoms with Crippen molar-refractivity contribution in [1.82, 2.24) is 30.0 Å². The van der Waals surface area contributed by atoms with Crippen molar-refractivity contribution in [2.45, 2.75) is 76.2 Å². The molecular weight excluding hydrogens is 669 g/mol. The van der Waals surface area contributed by atoms with Crippen LogP contribution in [0.25, 0.3) is 33.1 Å². The van der Waals surface area contributed by atoms with Gasteiger partial charge in [0.15, 0.2) is 0 Å². The molecule has 5 aliphatic heterocycles. The number of alkyl halides is 1. The van der Waals surface area contributed by atoms with Crippen LogP contribution in [0.5, 0.6) is 6.01 Å². The van der Waals surface area contributed by atoms with Crippen molar-refractivity contribution in [3.8, 4) is 17.3 Å². The second kappa shape index (κ2) is 13.2. The minimum atomic E-state index is -1.05. The number of pyridine rings is 1. The molecule has 0 amide bonds. The van der Waals surface area contributed by atoms with Gasteiger partial charge in [0.1, 0.15) is 30.5 Å². The molecular formula is C35H39ClFN7O6. The number of fused-ring (bicyclic) bond motifs is 8. The lowest BCUT2D eigenvalue weighted by molar-refractivity contribution is -0.124. The Morgan fingerprint density at radius 2 is 2.10 bits per heavy atom. The van der Waals surface area contributed by atoms with E-state index < -0.39 is 24.0 Å². The summed E-state index contributed by atoms with van der Waals surface area (Å²) in [4.78, 5) is 44.5. The SMILES string of the molecule is CCC(=O)[C@H]1CC[C@]2(COc3nc4c5cnc(c(C)c5n3)-c3c(c(Cl)cc5[nH]ncc35)CCCOC(=O)OC3COCCN4C3)C[C@@H](F)CN12. The first-order chi connectivity index (χ1) is 24.2. The number of rotatable bonds is 5. The number of ketones is 1. The van der Waals surface area contributed by atoms with Crippen molar-refractivity contribution in [3.63, 3.8) is 0 Å². The molecule has 3 aromatic heterocycles. The van der Waals surface area contributed by atoms with Crippen LogP contribution in [-0.4, -0.2) is 112 Å². The summed E-state index contributed by atoms with van der Waals surface area (Å²) in [6.45, 7) is 5.61. The van der Waals surface area contributed by atoms with E-state index in [1.54, 1.807) is 12.4 Å². The number of hydrogen-bond acceptors (Lipinski definition) is 12. The molecule has 0 saturated carbocycles. The summed E-state index contributed by atoms with van der Waals surface area (Å²) in [5.41, 5.74) is 3.88. The molecule has 13 nitrogen and oxygen atoms in total. The number of aryl methyl sites for hydroxylation is 1. The first kappa shape index (κ1) is 33.0. The summed E-state index contributed by atoms with van der Waals surface area (Å²) in [5, 5.41) is 9.37. The standard InChI is InChI=1S/C35H39ClFN7O6/c1-3-28(45)27-6-7-35(12-20(37)15-44(27)35)18-49-33-40-30-19(2)31-29-22(25(36)11-26-23(29)14-39-42-26)5-4-9-48-34(46)50-21-16-43(8-10-47-17-21)32(41-33)24(30)13-38-31/h11,13-14,20-21,27H,3-10,12,15-18H2,1-2H3,(H,39,42)/t20-,21?,27-,35-/m1/s1. The smallest absolute Gasteiger partial charge is 0.461 e. The molecule has 6 bridgehead atoms. The van der Waals surface area contributed by atoms with Gasteiger partial charge in [0, 0.05) is 53.7 Å². The third kappa shape index (κ3) is 5.80. The molecule has 8 heterocycles. The van der Waals surface area contributed by atoms with E-state index in [2.05, 4.69) is 10.2 Å². The minimum Gasteiger partial charge on any atom is -0.461 e. The van der Waals surface area contributed by atoms with Gasteiger partial charge in [-0.1, -0.05) is 18.5 Å². The zero-order chi connectivity index (χ0) is 34.6. The molecule has 5 aliphatic rings. The van der Waals surface area contributed by atoms with Crippen LogP contribution in [0.4, 0.5) is 15.0 Å². The van der Waals surface area contributed by atoms with E-state index in [4.69, 9.17) is 45.5 Å². The summed E-state index contributed by atoms with van der Waals surface area (Å²) in [7, 11) is 0. The molecule has 0 spiro atoms. The van der Waals surface area contributed by atoms with E-state index in [0.717, 1.165) is 27.6 Å². The van der Waals surface area contributed by atoms with Gasteiger partial charge in [0.2, 0.25) is 0 Å². The maximum atomic E-state index is 15.0. The van der Waals surface area contributed by atoms with Crippen molar-refractivity contribution >= 4 is 51.2 Å². The van der Waals surface area contributed by atoms with Crippen LogP contribution in [0.3, 0.4) is 0 Å². The van der Waals surface area contributed by atoms with E-state index in [-0.39, 0.29) is 57.2 Å². The van der Waals surface area contributed by atoms with Gasteiger partial charge in [-0.2, -0.15) is 15.1 Å². The summed E-state index contributed by atoms with van der Waals surface area (Å²) in [6, 6.07) is 1.65. The average Bonchev–Trinajstić information content (AvgIpc) is 3.73. The van der Waals surface area contributed by atoms with E-state index in [9.17, 15) is 14.0 Å². The van der Waals surface area contributed by atoms with Crippen LogP contribution in [0.15, 0.2) is 18.5 Å². The maximum absolute atomic E-state index is 15.0. The first-order valence-corrected chi connectivity index (χ1v) is 17.7.